The molecule has 3 nitrogen and oxygen atoms in total. The van der Waals surface area contributed by atoms with Gasteiger partial charge in [-0.05, 0) is 5.92 Å². The van der Waals surface area contributed by atoms with Crippen LogP contribution in [0.4, 0.5) is 0 Å². The first-order valence-electron chi connectivity index (χ1n) is 3.01. The molecular formula is C5H10Cl2O3S. The van der Waals surface area contributed by atoms with Gasteiger partial charge in [0.2, 0.25) is 0 Å². The van der Waals surface area contributed by atoms with Crippen LogP contribution < -0.4 is 0 Å². The lowest BCUT2D eigenvalue weighted by Crippen LogP contribution is -2.32. The van der Waals surface area contributed by atoms with E-state index in [0.29, 0.717) is 0 Å². The molecule has 0 aliphatic rings. The Labute approximate surface area is 76.4 Å². The van der Waals surface area contributed by atoms with Crippen molar-refractivity contribution in [2.75, 3.05) is 0 Å². The van der Waals surface area contributed by atoms with Crippen LogP contribution in [0.5, 0.6) is 0 Å². The summed E-state index contributed by atoms with van der Waals surface area (Å²) in [6, 6.07) is 0. The Morgan fingerprint density at radius 1 is 1.27 bits per heavy atom. The molecule has 68 valence electrons. The molecule has 0 saturated heterocycles. The van der Waals surface area contributed by atoms with E-state index < -0.39 is 20.2 Å². The van der Waals surface area contributed by atoms with E-state index in [0.717, 1.165) is 0 Å². The van der Waals surface area contributed by atoms with Gasteiger partial charge in [-0.15, -0.1) is 23.2 Å². The first-order chi connectivity index (χ1) is 4.76. The summed E-state index contributed by atoms with van der Waals surface area (Å²) in [7, 11) is -4.13. The molecule has 0 aromatic carbocycles. The summed E-state index contributed by atoms with van der Waals surface area (Å²) in [5.74, 6) is -0.301. The molecule has 0 aromatic heterocycles. The zero-order chi connectivity index (χ0) is 9.23. The smallest absolute Gasteiger partial charge is 0.270 e. The molecule has 0 aliphatic heterocycles. The van der Waals surface area contributed by atoms with E-state index in [1.54, 1.807) is 13.8 Å². The highest BCUT2D eigenvalue weighted by Gasteiger charge is 2.32. The minimum absolute atomic E-state index is 0.301. The van der Waals surface area contributed by atoms with Gasteiger partial charge < -0.3 is 0 Å². The zero-order valence-corrected chi connectivity index (χ0v) is 8.49. The maximum absolute atomic E-state index is 10.6. The molecule has 0 fully saturated rings. The van der Waals surface area contributed by atoms with E-state index in [9.17, 15) is 8.42 Å². The molecule has 11 heavy (non-hydrogen) atoms. The van der Waals surface area contributed by atoms with Crippen LogP contribution in [-0.4, -0.2) is 23.1 Å². The second-order valence-electron chi connectivity index (χ2n) is 2.56. The standard InChI is InChI=1S/C5H10Cl2O3S/c1-3(2)4(5(6)7)11(8,9)10/h3-5H,1-2H3,(H,8,9,10)/t4-/m0/s1. The number of hydrogen-bond donors (Lipinski definition) is 1. The molecule has 0 spiro atoms. The van der Waals surface area contributed by atoms with Crippen molar-refractivity contribution in [3.8, 4) is 0 Å². The monoisotopic (exact) mass is 220 g/mol. The van der Waals surface area contributed by atoms with Gasteiger partial charge in [0.1, 0.15) is 10.1 Å². The van der Waals surface area contributed by atoms with Gasteiger partial charge >= 0.3 is 0 Å². The molecule has 0 aromatic rings. The van der Waals surface area contributed by atoms with Crippen molar-refractivity contribution < 1.29 is 13.0 Å². The fraction of sp³-hybridized carbons (Fsp3) is 1.00. The molecule has 0 unspecified atom stereocenters. The summed E-state index contributed by atoms with van der Waals surface area (Å²) in [4.78, 5) is -1.09. The van der Waals surface area contributed by atoms with E-state index in [1.807, 2.05) is 0 Å². The van der Waals surface area contributed by atoms with Crippen LogP contribution in [0.25, 0.3) is 0 Å². The Balaban J connectivity index is 4.64. The maximum Gasteiger partial charge on any atom is 0.270 e. The molecule has 1 N–H and O–H groups in total. The highest BCUT2D eigenvalue weighted by atomic mass is 35.5. The van der Waals surface area contributed by atoms with Gasteiger partial charge in [-0.3, -0.25) is 4.55 Å². The summed E-state index contributed by atoms with van der Waals surface area (Å²) in [6.07, 6.45) is 0. The SMILES string of the molecule is CC(C)[C@@H](C(Cl)Cl)S(=O)(=O)O. The Bertz CT molecular complexity index is 202. The molecule has 0 radical (unpaired) electrons. The van der Waals surface area contributed by atoms with Gasteiger partial charge in [0, 0.05) is 0 Å². The Hall–Kier alpha value is 0.490. The lowest BCUT2D eigenvalue weighted by molar-refractivity contribution is 0.447. The average Bonchev–Trinajstić information content (AvgIpc) is 1.54. The van der Waals surface area contributed by atoms with Crippen molar-refractivity contribution in [2.24, 2.45) is 5.92 Å². The predicted octanol–water partition coefficient (Wildman–Crippen LogP) is 1.70. The van der Waals surface area contributed by atoms with Crippen LogP contribution in [0.1, 0.15) is 13.8 Å². The Morgan fingerprint density at radius 2 is 1.64 bits per heavy atom. The largest absolute Gasteiger partial charge is 0.285 e. The van der Waals surface area contributed by atoms with E-state index in [-0.39, 0.29) is 5.92 Å². The summed E-state index contributed by atoms with van der Waals surface area (Å²) in [6.45, 7) is 3.24. The average molecular weight is 221 g/mol. The molecule has 0 heterocycles. The van der Waals surface area contributed by atoms with Crippen molar-refractivity contribution in [1.82, 2.24) is 0 Å². The lowest BCUT2D eigenvalue weighted by atomic mass is 10.1. The third-order valence-corrected chi connectivity index (χ3v) is 3.60. The van der Waals surface area contributed by atoms with Crippen molar-refractivity contribution >= 4 is 33.3 Å². The molecule has 1 atom stereocenters. The van der Waals surface area contributed by atoms with E-state index in [4.69, 9.17) is 27.8 Å². The van der Waals surface area contributed by atoms with Gasteiger partial charge in [0.05, 0.1) is 0 Å². The third-order valence-electron chi connectivity index (χ3n) is 1.25. The maximum atomic E-state index is 10.6. The molecule has 0 aliphatic carbocycles. The van der Waals surface area contributed by atoms with Crippen molar-refractivity contribution in [3.05, 3.63) is 0 Å². The van der Waals surface area contributed by atoms with Crippen LogP contribution >= 0.6 is 23.2 Å². The van der Waals surface area contributed by atoms with Gasteiger partial charge in [0.25, 0.3) is 10.1 Å². The van der Waals surface area contributed by atoms with E-state index in [1.165, 1.54) is 0 Å². The number of halogens is 2. The molecule has 6 heteroatoms. The first kappa shape index (κ1) is 11.5. The molecule has 0 bridgehead atoms. The van der Waals surface area contributed by atoms with Gasteiger partial charge in [-0.2, -0.15) is 8.42 Å². The lowest BCUT2D eigenvalue weighted by Gasteiger charge is -2.17. The summed E-state index contributed by atoms with van der Waals surface area (Å²) < 4.78 is 29.8. The van der Waals surface area contributed by atoms with Gasteiger partial charge in [-0.25, -0.2) is 0 Å². The summed E-state index contributed by atoms with van der Waals surface area (Å²) >= 11 is 10.7. The minimum Gasteiger partial charge on any atom is -0.285 e. The van der Waals surface area contributed by atoms with Crippen LogP contribution in [0.2, 0.25) is 0 Å². The molecule has 0 amide bonds. The normalized spacial score (nSPS) is 15.9. The quantitative estimate of drug-likeness (QED) is 0.582. The topological polar surface area (TPSA) is 54.4 Å². The van der Waals surface area contributed by atoms with Crippen molar-refractivity contribution in [2.45, 2.75) is 23.9 Å². The van der Waals surface area contributed by atoms with Crippen LogP contribution in [0.15, 0.2) is 0 Å². The van der Waals surface area contributed by atoms with Crippen LogP contribution in [0, 0.1) is 5.92 Å². The Kier molecular flexibility index (Phi) is 4.11. The highest BCUT2D eigenvalue weighted by Crippen LogP contribution is 2.22. The summed E-state index contributed by atoms with van der Waals surface area (Å²) in [5, 5.41) is -1.11. The van der Waals surface area contributed by atoms with E-state index in [2.05, 4.69) is 0 Å². The number of alkyl halides is 2. The van der Waals surface area contributed by atoms with Gasteiger partial charge in [-0.1, -0.05) is 13.8 Å². The van der Waals surface area contributed by atoms with E-state index >= 15 is 0 Å². The fourth-order valence-electron chi connectivity index (χ4n) is 0.765. The van der Waals surface area contributed by atoms with Crippen LogP contribution in [0.3, 0.4) is 0 Å². The minimum atomic E-state index is -4.13. The second kappa shape index (κ2) is 3.94. The third kappa shape index (κ3) is 3.60. The van der Waals surface area contributed by atoms with Crippen molar-refractivity contribution in [3.63, 3.8) is 0 Å². The van der Waals surface area contributed by atoms with Crippen LogP contribution in [-0.2, 0) is 10.1 Å². The fourth-order valence-corrected chi connectivity index (χ4v) is 3.07. The molecule has 0 rings (SSSR count). The van der Waals surface area contributed by atoms with Crippen molar-refractivity contribution in [1.29, 1.82) is 0 Å². The molecule has 0 saturated carbocycles. The summed E-state index contributed by atoms with van der Waals surface area (Å²) in [5.41, 5.74) is 0. The zero-order valence-electron chi connectivity index (χ0n) is 6.16. The number of rotatable bonds is 3. The molecular weight excluding hydrogens is 211 g/mol. The Morgan fingerprint density at radius 3 is 1.64 bits per heavy atom. The first-order valence-corrected chi connectivity index (χ1v) is 5.39. The predicted molar refractivity (Wildman–Crippen MR) is 45.7 cm³/mol. The highest BCUT2D eigenvalue weighted by molar-refractivity contribution is 7.86. The number of hydrogen-bond acceptors (Lipinski definition) is 2. The second-order valence-corrected chi connectivity index (χ2v) is 5.30. The van der Waals surface area contributed by atoms with Gasteiger partial charge in [0.15, 0.2) is 0 Å².